The molecule has 0 heterocycles. The molecule has 0 unspecified atom stereocenters. The second kappa shape index (κ2) is 8.58. The predicted octanol–water partition coefficient (Wildman–Crippen LogP) is 5.53. The molecule has 17 heavy (non-hydrogen) atoms. The summed E-state index contributed by atoms with van der Waals surface area (Å²) in [5.74, 6) is 0. The molecular formula is C17H24. The van der Waals surface area contributed by atoms with Gasteiger partial charge in [0.1, 0.15) is 0 Å². The Morgan fingerprint density at radius 3 is 2.18 bits per heavy atom. The second-order valence-corrected chi connectivity index (χ2v) is 4.30. The number of hydrogen-bond donors (Lipinski definition) is 0. The standard InChI is InChI=1S/C17H24/c1-7-9-17(10-8-2)13-15(5)11-12-16(6)14(3)4/h7-12H,1,3,13H2,2,4-6H3/b10-8-,15-11+,16-12+,17-9+. The quantitative estimate of drug-likeness (QED) is 0.524. The van der Waals surface area contributed by atoms with E-state index in [0.717, 1.165) is 12.0 Å². The molecule has 0 nitrogen and oxygen atoms in total. The summed E-state index contributed by atoms with van der Waals surface area (Å²) in [4.78, 5) is 0. The van der Waals surface area contributed by atoms with Gasteiger partial charge in [-0.25, -0.2) is 0 Å². The van der Waals surface area contributed by atoms with E-state index in [-0.39, 0.29) is 0 Å². The van der Waals surface area contributed by atoms with Gasteiger partial charge in [-0.1, -0.05) is 60.8 Å². The molecule has 0 aromatic heterocycles. The summed E-state index contributed by atoms with van der Waals surface area (Å²) >= 11 is 0. The van der Waals surface area contributed by atoms with Crippen molar-refractivity contribution in [3.63, 3.8) is 0 Å². The van der Waals surface area contributed by atoms with Crippen molar-refractivity contribution in [2.24, 2.45) is 0 Å². The summed E-state index contributed by atoms with van der Waals surface area (Å²) in [7, 11) is 0. The molecule has 0 rings (SSSR count). The van der Waals surface area contributed by atoms with Crippen LogP contribution in [-0.4, -0.2) is 0 Å². The molecule has 0 aliphatic carbocycles. The van der Waals surface area contributed by atoms with Gasteiger partial charge < -0.3 is 0 Å². The first kappa shape index (κ1) is 15.4. The SMILES string of the molecule is C=C/C=C(\C=C/C)C/C(C)=C/C=C(\C)C(=C)C. The third-order valence-corrected chi connectivity index (χ3v) is 2.49. The van der Waals surface area contributed by atoms with Crippen LogP contribution in [0.3, 0.4) is 0 Å². The molecule has 92 valence electrons. The zero-order valence-electron chi connectivity index (χ0n) is 11.6. The fourth-order valence-electron chi connectivity index (χ4n) is 1.33. The first-order chi connectivity index (χ1) is 8.01. The van der Waals surface area contributed by atoms with Gasteiger partial charge in [0, 0.05) is 0 Å². The highest BCUT2D eigenvalue weighted by Crippen LogP contribution is 2.14. The van der Waals surface area contributed by atoms with E-state index in [0.29, 0.717) is 0 Å². The van der Waals surface area contributed by atoms with Crippen molar-refractivity contribution in [2.45, 2.75) is 34.1 Å². The third kappa shape index (κ3) is 7.35. The molecule has 0 radical (unpaired) electrons. The Bertz CT molecular complexity index is 384. The molecule has 0 spiro atoms. The van der Waals surface area contributed by atoms with Gasteiger partial charge in [-0.05, 0) is 45.3 Å². The van der Waals surface area contributed by atoms with E-state index < -0.39 is 0 Å². The van der Waals surface area contributed by atoms with Crippen LogP contribution in [0.5, 0.6) is 0 Å². The van der Waals surface area contributed by atoms with Gasteiger partial charge in [0.2, 0.25) is 0 Å². The molecule has 0 atom stereocenters. The molecule has 0 N–H and O–H groups in total. The van der Waals surface area contributed by atoms with Crippen LogP contribution >= 0.6 is 0 Å². The van der Waals surface area contributed by atoms with E-state index in [1.165, 1.54) is 16.7 Å². The van der Waals surface area contributed by atoms with Gasteiger partial charge in [-0.15, -0.1) is 0 Å². The Balaban J connectivity index is 4.72. The van der Waals surface area contributed by atoms with Crippen LogP contribution in [0.25, 0.3) is 0 Å². The van der Waals surface area contributed by atoms with Gasteiger partial charge in [-0.2, -0.15) is 0 Å². The van der Waals surface area contributed by atoms with Gasteiger partial charge in [0.25, 0.3) is 0 Å². The monoisotopic (exact) mass is 228 g/mol. The molecule has 0 bridgehead atoms. The molecule has 0 aliphatic rings. The normalized spacial score (nSPS) is 14.2. The summed E-state index contributed by atoms with van der Waals surface area (Å²) < 4.78 is 0. The molecule has 0 saturated carbocycles. The Hall–Kier alpha value is -1.56. The lowest BCUT2D eigenvalue weighted by Gasteiger charge is -2.02. The zero-order valence-corrected chi connectivity index (χ0v) is 11.6. The number of rotatable bonds is 6. The predicted molar refractivity (Wildman–Crippen MR) is 80.0 cm³/mol. The van der Waals surface area contributed by atoms with Crippen molar-refractivity contribution in [3.05, 3.63) is 71.9 Å². The first-order valence-corrected chi connectivity index (χ1v) is 5.95. The number of hydrogen-bond acceptors (Lipinski definition) is 0. The maximum Gasteiger partial charge on any atom is -0.00669 e. The Morgan fingerprint density at radius 1 is 1.06 bits per heavy atom. The lowest BCUT2D eigenvalue weighted by molar-refractivity contribution is 1.15. The topological polar surface area (TPSA) is 0 Å². The van der Waals surface area contributed by atoms with Crippen molar-refractivity contribution in [1.29, 1.82) is 0 Å². The third-order valence-electron chi connectivity index (χ3n) is 2.49. The second-order valence-electron chi connectivity index (χ2n) is 4.30. The smallest absolute Gasteiger partial charge is 0.00669 e. The summed E-state index contributed by atoms with van der Waals surface area (Å²) in [5.41, 5.74) is 4.95. The molecule has 0 saturated heterocycles. The lowest BCUT2D eigenvalue weighted by Crippen LogP contribution is -1.82. The number of allylic oxidation sites excluding steroid dienone is 10. The van der Waals surface area contributed by atoms with Crippen LogP contribution in [0.15, 0.2) is 71.9 Å². The molecule has 0 aromatic carbocycles. The highest BCUT2D eigenvalue weighted by atomic mass is 14.0. The highest BCUT2D eigenvalue weighted by Gasteiger charge is 1.94. The van der Waals surface area contributed by atoms with Crippen LogP contribution in [-0.2, 0) is 0 Å². The van der Waals surface area contributed by atoms with E-state index in [1.54, 1.807) is 0 Å². The van der Waals surface area contributed by atoms with Crippen molar-refractivity contribution >= 4 is 0 Å². The van der Waals surface area contributed by atoms with Gasteiger partial charge in [-0.3, -0.25) is 0 Å². The van der Waals surface area contributed by atoms with E-state index in [9.17, 15) is 0 Å². The van der Waals surface area contributed by atoms with Crippen LogP contribution in [0, 0.1) is 0 Å². The van der Waals surface area contributed by atoms with Crippen LogP contribution in [0.1, 0.15) is 34.1 Å². The van der Waals surface area contributed by atoms with Crippen LogP contribution in [0.2, 0.25) is 0 Å². The first-order valence-electron chi connectivity index (χ1n) is 5.95. The van der Waals surface area contributed by atoms with E-state index in [4.69, 9.17) is 0 Å². The summed E-state index contributed by atoms with van der Waals surface area (Å²) in [6, 6.07) is 0. The van der Waals surface area contributed by atoms with Crippen LogP contribution < -0.4 is 0 Å². The van der Waals surface area contributed by atoms with E-state index in [1.807, 2.05) is 26.0 Å². The average molecular weight is 228 g/mol. The lowest BCUT2D eigenvalue weighted by atomic mass is 10.0. The van der Waals surface area contributed by atoms with Crippen molar-refractivity contribution in [1.82, 2.24) is 0 Å². The van der Waals surface area contributed by atoms with Crippen LogP contribution in [0.4, 0.5) is 0 Å². The molecular weight excluding hydrogens is 204 g/mol. The molecule has 0 fully saturated rings. The maximum absolute atomic E-state index is 3.92. The Morgan fingerprint density at radius 2 is 1.71 bits per heavy atom. The Labute approximate surface area is 106 Å². The van der Waals surface area contributed by atoms with Gasteiger partial charge >= 0.3 is 0 Å². The highest BCUT2D eigenvalue weighted by molar-refractivity contribution is 5.32. The van der Waals surface area contributed by atoms with Crippen molar-refractivity contribution < 1.29 is 0 Å². The minimum absolute atomic E-state index is 0.955. The molecule has 0 aliphatic heterocycles. The fraction of sp³-hybridized carbons (Fsp3) is 0.294. The van der Waals surface area contributed by atoms with E-state index >= 15 is 0 Å². The minimum atomic E-state index is 0.955. The largest absolute Gasteiger partial charge is 0.0991 e. The Kier molecular flexibility index (Phi) is 7.79. The average Bonchev–Trinajstić information content (AvgIpc) is 2.26. The molecule has 0 amide bonds. The summed E-state index contributed by atoms with van der Waals surface area (Å²) in [6.45, 7) is 15.9. The van der Waals surface area contributed by atoms with Crippen molar-refractivity contribution in [3.8, 4) is 0 Å². The zero-order chi connectivity index (χ0) is 13.3. The minimum Gasteiger partial charge on any atom is -0.0991 e. The van der Waals surface area contributed by atoms with E-state index in [2.05, 4.69) is 51.3 Å². The fourth-order valence-corrected chi connectivity index (χ4v) is 1.33. The summed E-state index contributed by atoms with van der Waals surface area (Å²) in [6.07, 6.45) is 13.3. The molecule has 0 heteroatoms. The maximum atomic E-state index is 3.92. The van der Waals surface area contributed by atoms with Gasteiger partial charge in [0.15, 0.2) is 0 Å². The van der Waals surface area contributed by atoms with Crippen molar-refractivity contribution in [2.75, 3.05) is 0 Å². The van der Waals surface area contributed by atoms with Gasteiger partial charge in [0.05, 0.1) is 0 Å². The summed E-state index contributed by atoms with van der Waals surface area (Å²) in [5, 5.41) is 0. The molecule has 0 aromatic rings.